The summed E-state index contributed by atoms with van der Waals surface area (Å²) in [6.07, 6.45) is -0.00528. The van der Waals surface area contributed by atoms with Crippen molar-refractivity contribution in [1.82, 2.24) is 4.98 Å². The van der Waals surface area contributed by atoms with Crippen LogP contribution >= 0.6 is 0 Å². The minimum absolute atomic E-state index is 0.00528. The molecule has 0 amide bonds. The highest BCUT2D eigenvalue weighted by atomic mass is 19.1. The molecule has 2 N–H and O–H groups in total. The molecule has 4 heteroatoms. The first kappa shape index (κ1) is 8.44. The Hall–Kier alpha value is -1.16. The van der Waals surface area contributed by atoms with Gasteiger partial charge in [-0.15, -0.1) is 0 Å². The minimum atomic E-state index is -0.477. The van der Waals surface area contributed by atoms with Gasteiger partial charge >= 0.3 is 0 Å². The number of pyridine rings is 1. The van der Waals surface area contributed by atoms with Gasteiger partial charge in [-0.2, -0.15) is 4.39 Å². The van der Waals surface area contributed by atoms with Crippen molar-refractivity contribution in [1.29, 1.82) is 0 Å². The van der Waals surface area contributed by atoms with E-state index >= 15 is 0 Å². The van der Waals surface area contributed by atoms with Crippen molar-refractivity contribution in [3.8, 4) is 5.75 Å². The number of hydrogen-bond acceptors (Lipinski definition) is 3. The summed E-state index contributed by atoms with van der Waals surface area (Å²) in [5.41, 5.74) is 6.19. The van der Waals surface area contributed by atoms with Gasteiger partial charge in [-0.3, -0.25) is 0 Å². The second-order valence-corrected chi connectivity index (χ2v) is 3.18. The van der Waals surface area contributed by atoms with Crippen LogP contribution in [0.1, 0.15) is 18.5 Å². The van der Waals surface area contributed by atoms with Crippen LogP contribution in [0.3, 0.4) is 0 Å². The van der Waals surface area contributed by atoms with Crippen LogP contribution in [0.15, 0.2) is 12.1 Å². The van der Waals surface area contributed by atoms with E-state index in [2.05, 4.69) is 4.98 Å². The lowest BCUT2D eigenvalue weighted by Gasteiger charge is -2.10. The van der Waals surface area contributed by atoms with Gasteiger partial charge in [0.15, 0.2) is 0 Å². The Balaban J connectivity index is 2.44. The molecule has 0 fully saturated rings. The molecule has 0 saturated heterocycles. The summed E-state index contributed by atoms with van der Waals surface area (Å²) in [5, 5.41) is 0. The van der Waals surface area contributed by atoms with Crippen LogP contribution in [-0.4, -0.2) is 17.6 Å². The smallest absolute Gasteiger partial charge is 0.213 e. The van der Waals surface area contributed by atoms with Gasteiger partial charge in [-0.25, -0.2) is 4.98 Å². The third kappa shape index (κ3) is 1.27. The minimum Gasteiger partial charge on any atom is -0.488 e. The Morgan fingerprint density at radius 2 is 2.38 bits per heavy atom. The molecule has 0 saturated carbocycles. The lowest BCUT2D eigenvalue weighted by Crippen LogP contribution is -2.22. The second-order valence-electron chi connectivity index (χ2n) is 3.18. The van der Waals surface area contributed by atoms with Crippen LogP contribution in [0.5, 0.6) is 5.75 Å². The molecule has 1 aliphatic heterocycles. The molecule has 1 aliphatic rings. The van der Waals surface area contributed by atoms with Gasteiger partial charge in [-0.1, -0.05) is 0 Å². The normalized spacial score (nSPS) is 25.5. The monoisotopic (exact) mass is 182 g/mol. The molecule has 0 radical (unpaired) electrons. The van der Waals surface area contributed by atoms with Gasteiger partial charge in [0.05, 0.1) is 11.6 Å². The number of halogens is 1. The lowest BCUT2D eigenvalue weighted by atomic mass is 10.0. The molecule has 2 rings (SSSR count). The fraction of sp³-hybridized carbons (Fsp3) is 0.444. The van der Waals surface area contributed by atoms with E-state index < -0.39 is 5.95 Å². The van der Waals surface area contributed by atoms with Crippen LogP contribution in [0, 0.1) is 5.95 Å². The number of fused-ring (bicyclic) bond motifs is 1. The third-order valence-corrected chi connectivity index (χ3v) is 2.34. The standard InChI is InChI=1S/C9H11FN2O/c1-5-6(4-11)9-7(13-5)2-3-8(10)12-9/h2-3,5-6H,4,11H2,1H3/t5-,6-/m1/s1. The summed E-state index contributed by atoms with van der Waals surface area (Å²) in [6.45, 7) is 2.35. The quantitative estimate of drug-likeness (QED) is 0.660. The summed E-state index contributed by atoms with van der Waals surface area (Å²) in [6, 6.07) is 2.90. The molecule has 1 aromatic heterocycles. The molecule has 0 aromatic carbocycles. The summed E-state index contributed by atoms with van der Waals surface area (Å²) < 4.78 is 18.2. The van der Waals surface area contributed by atoms with Crippen molar-refractivity contribution >= 4 is 0 Å². The van der Waals surface area contributed by atoms with E-state index in [9.17, 15) is 4.39 Å². The van der Waals surface area contributed by atoms with Gasteiger partial charge in [-0.05, 0) is 19.1 Å². The zero-order valence-corrected chi connectivity index (χ0v) is 7.33. The maximum absolute atomic E-state index is 12.8. The van der Waals surface area contributed by atoms with Crippen LogP contribution in [0.4, 0.5) is 4.39 Å². The maximum Gasteiger partial charge on any atom is 0.213 e. The highest BCUT2D eigenvalue weighted by molar-refractivity contribution is 5.35. The number of rotatable bonds is 1. The van der Waals surface area contributed by atoms with E-state index in [0.29, 0.717) is 18.0 Å². The fourth-order valence-electron chi connectivity index (χ4n) is 1.61. The van der Waals surface area contributed by atoms with Gasteiger partial charge < -0.3 is 10.5 Å². The molecular formula is C9H11FN2O. The van der Waals surface area contributed by atoms with Crippen molar-refractivity contribution in [2.45, 2.75) is 18.9 Å². The Bertz CT molecular complexity index is 329. The van der Waals surface area contributed by atoms with Gasteiger partial charge in [0.25, 0.3) is 0 Å². The van der Waals surface area contributed by atoms with Crippen molar-refractivity contribution in [3.63, 3.8) is 0 Å². The van der Waals surface area contributed by atoms with Crippen molar-refractivity contribution in [3.05, 3.63) is 23.8 Å². The average molecular weight is 182 g/mol. The summed E-state index contributed by atoms with van der Waals surface area (Å²) in [5.74, 6) is 0.199. The van der Waals surface area contributed by atoms with Crippen molar-refractivity contribution < 1.29 is 9.13 Å². The maximum atomic E-state index is 12.8. The SMILES string of the molecule is C[C@H]1Oc2ccc(F)nc2[C@@H]1CN. The molecule has 70 valence electrons. The molecular weight excluding hydrogens is 171 g/mol. The molecule has 2 atom stereocenters. The first-order valence-corrected chi connectivity index (χ1v) is 4.25. The largest absolute Gasteiger partial charge is 0.488 e. The van der Waals surface area contributed by atoms with E-state index in [1.54, 1.807) is 6.07 Å². The molecule has 13 heavy (non-hydrogen) atoms. The Labute approximate surface area is 75.7 Å². The van der Waals surface area contributed by atoms with E-state index in [1.165, 1.54) is 6.07 Å². The summed E-state index contributed by atoms with van der Waals surface area (Å²) in [7, 11) is 0. The molecule has 0 aliphatic carbocycles. The highest BCUT2D eigenvalue weighted by Gasteiger charge is 2.31. The number of hydrogen-bond donors (Lipinski definition) is 1. The van der Waals surface area contributed by atoms with E-state index in [-0.39, 0.29) is 12.0 Å². The third-order valence-electron chi connectivity index (χ3n) is 2.34. The molecule has 0 unspecified atom stereocenters. The second kappa shape index (κ2) is 2.96. The van der Waals surface area contributed by atoms with E-state index in [0.717, 1.165) is 0 Å². The summed E-state index contributed by atoms with van der Waals surface area (Å²) in [4.78, 5) is 3.78. The Kier molecular flexibility index (Phi) is 1.92. The van der Waals surface area contributed by atoms with Gasteiger partial charge in [0.2, 0.25) is 5.95 Å². The van der Waals surface area contributed by atoms with Crippen molar-refractivity contribution in [2.75, 3.05) is 6.54 Å². The van der Waals surface area contributed by atoms with Gasteiger partial charge in [0, 0.05) is 6.54 Å². The molecule has 3 nitrogen and oxygen atoms in total. The number of nitrogens with two attached hydrogens (primary N) is 1. The van der Waals surface area contributed by atoms with Gasteiger partial charge in [0.1, 0.15) is 11.9 Å². The average Bonchev–Trinajstić information content (AvgIpc) is 2.40. The zero-order valence-electron chi connectivity index (χ0n) is 7.33. The lowest BCUT2D eigenvalue weighted by molar-refractivity contribution is 0.228. The zero-order chi connectivity index (χ0) is 9.42. The molecule has 0 bridgehead atoms. The number of nitrogens with zero attached hydrogens (tertiary/aromatic N) is 1. The van der Waals surface area contributed by atoms with Crippen LogP contribution in [-0.2, 0) is 0 Å². The Morgan fingerprint density at radius 3 is 3.08 bits per heavy atom. The molecule has 2 heterocycles. The topological polar surface area (TPSA) is 48.1 Å². The van der Waals surface area contributed by atoms with Crippen LogP contribution in [0.2, 0.25) is 0 Å². The first-order chi connectivity index (χ1) is 6.22. The highest BCUT2D eigenvalue weighted by Crippen LogP contribution is 2.35. The first-order valence-electron chi connectivity index (χ1n) is 4.25. The Morgan fingerprint density at radius 1 is 1.62 bits per heavy atom. The summed E-state index contributed by atoms with van der Waals surface area (Å²) >= 11 is 0. The van der Waals surface area contributed by atoms with Crippen molar-refractivity contribution in [2.24, 2.45) is 5.73 Å². The van der Waals surface area contributed by atoms with E-state index in [4.69, 9.17) is 10.5 Å². The van der Waals surface area contributed by atoms with E-state index in [1.807, 2.05) is 6.92 Å². The predicted molar refractivity (Wildman–Crippen MR) is 46.1 cm³/mol. The van der Waals surface area contributed by atoms with Crippen LogP contribution in [0.25, 0.3) is 0 Å². The van der Waals surface area contributed by atoms with Crippen LogP contribution < -0.4 is 10.5 Å². The number of ether oxygens (including phenoxy) is 1. The molecule has 0 spiro atoms. The number of aromatic nitrogens is 1. The molecule has 1 aromatic rings. The fourth-order valence-corrected chi connectivity index (χ4v) is 1.61. The predicted octanol–water partition coefficient (Wildman–Crippen LogP) is 1.04.